The summed E-state index contributed by atoms with van der Waals surface area (Å²) in [4.78, 5) is 0. The number of hydrogen-bond acceptors (Lipinski definition) is 2. The van der Waals surface area contributed by atoms with Crippen molar-refractivity contribution in [2.24, 2.45) is 0 Å². The highest BCUT2D eigenvalue weighted by atomic mass is 15.0. The van der Waals surface area contributed by atoms with E-state index in [9.17, 15) is 0 Å². The van der Waals surface area contributed by atoms with Crippen LogP contribution in [-0.4, -0.2) is 18.6 Å². The molecule has 0 aliphatic carbocycles. The molecule has 1 aromatic rings. The van der Waals surface area contributed by atoms with E-state index in [1.807, 2.05) is 0 Å². The quantitative estimate of drug-likeness (QED) is 0.791. The molecule has 1 atom stereocenters. The van der Waals surface area contributed by atoms with Crippen molar-refractivity contribution in [3.05, 3.63) is 34.9 Å². The lowest BCUT2D eigenvalue weighted by Gasteiger charge is -2.17. The molecule has 0 aliphatic rings. The Morgan fingerprint density at radius 3 is 2.35 bits per heavy atom. The fraction of sp³-hybridized carbons (Fsp3) is 0.600. The zero-order valence-electron chi connectivity index (χ0n) is 11.8. The Kier molecular flexibility index (Phi) is 5.66. The molecule has 0 fully saturated rings. The maximum Gasteiger partial charge on any atom is 0.0211 e. The SMILES string of the molecule is Cc1ccc(CNC(C)CNC(C)C)c(C)c1. The minimum absolute atomic E-state index is 0.498. The first kappa shape index (κ1) is 14.2. The number of rotatable bonds is 6. The van der Waals surface area contributed by atoms with Crippen LogP contribution in [0.4, 0.5) is 0 Å². The van der Waals surface area contributed by atoms with E-state index in [0.29, 0.717) is 12.1 Å². The Labute approximate surface area is 106 Å². The zero-order chi connectivity index (χ0) is 12.8. The highest BCUT2D eigenvalue weighted by molar-refractivity contribution is 5.30. The normalized spacial score (nSPS) is 13.1. The van der Waals surface area contributed by atoms with Gasteiger partial charge in [0.2, 0.25) is 0 Å². The van der Waals surface area contributed by atoms with Crippen molar-refractivity contribution in [3.8, 4) is 0 Å². The Hall–Kier alpha value is -0.860. The van der Waals surface area contributed by atoms with Gasteiger partial charge in [-0.05, 0) is 31.9 Å². The van der Waals surface area contributed by atoms with Crippen LogP contribution in [0.2, 0.25) is 0 Å². The second-order valence-electron chi connectivity index (χ2n) is 5.27. The van der Waals surface area contributed by atoms with Crippen molar-refractivity contribution in [3.63, 3.8) is 0 Å². The minimum Gasteiger partial charge on any atom is -0.313 e. The Bertz CT molecular complexity index is 345. The predicted octanol–water partition coefficient (Wildman–Crippen LogP) is 2.78. The van der Waals surface area contributed by atoms with Gasteiger partial charge < -0.3 is 10.6 Å². The monoisotopic (exact) mass is 234 g/mol. The van der Waals surface area contributed by atoms with E-state index in [4.69, 9.17) is 0 Å². The van der Waals surface area contributed by atoms with Crippen LogP contribution in [0.3, 0.4) is 0 Å². The van der Waals surface area contributed by atoms with Crippen molar-refractivity contribution >= 4 is 0 Å². The lowest BCUT2D eigenvalue weighted by atomic mass is 10.1. The molecule has 2 nitrogen and oxygen atoms in total. The van der Waals surface area contributed by atoms with Crippen LogP contribution in [0, 0.1) is 13.8 Å². The smallest absolute Gasteiger partial charge is 0.0211 e. The van der Waals surface area contributed by atoms with E-state index in [0.717, 1.165) is 13.1 Å². The van der Waals surface area contributed by atoms with Gasteiger partial charge in [-0.3, -0.25) is 0 Å². The van der Waals surface area contributed by atoms with Gasteiger partial charge in [-0.15, -0.1) is 0 Å². The molecule has 1 aromatic carbocycles. The molecule has 1 unspecified atom stereocenters. The highest BCUT2D eigenvalue weighted by Gasteiger charge is 2.03. The molecular weight excluding hydrogens is 208 g/mol. The summed E-state index contributed by atoms with van der Waals surface area (Å²) in [7, 11) is 0. The van der Waals surface area contributed by atoms with E-state index in [2.05, 4.69) is 63.5 Å². The molecule has 0 radical (unpaired) electrons. The standard InChI is InChI=1S/C15H26N2/c1-11(2)16-9-14(5)17-10-15-7-6-12(3)8-13(15)4/h6-8,11,14,16-17H,9-10H2,1-5H3. The first-order valence-electron chi connectivity index (χ1n) is 6.52. The van der Waals surface area contributed by atoms with Gasteiger partial charge in [0.05, 0.1) is 0 Å². The first-order chi connectivity index (χ1) is 7.99. The average Bonchev–Trinajstić information content (AvgIpc) is 2.25. The summed E-state index contributed by atoms with van der Waals surface area (Å²) in [6, 6.07) is 7.70. The lowest BCUT2D eigenvalue weighted by Crippen LogP contribution is -2.38. The maximum absolute atomic E-state index is 3.55. The molecule has 0 aromatic heterocycles. The lowest BCUT2D eigenvalue weighted by molar-refractivity contribution is 0.473. The second-order valence-corrected chi connectivity index (χ2v) is 5.27. The molecule has 2 heteroatoms. The number of nitrogens with one attached hydrogen (secondary N) is 2. The van der Waals surface area contributed by atoms with Crippen molar-refractivity contribution in [2.45, 2.75) is 53.2 Å². The third-order valence-electron chi connectivity index (χ3n) is 2.97. The molecule has 0 saturated heterocycles. The minimum atomic E-state index is 0.498. The van der Waals surface area contributed by atoms with Crippen molar-refractivity contribution in [1.29, 1.82) is 0 Å². The van der Waals surface area contributed by atoms with Crippen LogP contribution in [0.1, 0.15) is 37.5 Å². The van der Waals surface area contributed by atoms with Crippen LogP contribution in [0.15, 0.2) is 18.2 Å². The van der Waals surface area contributed by atoms with Crippen LogP contribution in [-0.2, 0) is 6.54 Å². The fourth-order valence-electron chi connectivity index (χ4n) is 1.81. The van der Waals surface area contributed by atoms with Crippen LogP contribution < -0.4 is 10.6 Å². The summed E-state index contributed by atoms with van der Waals surface area (Å²) in [6.45, 7) is 12.9. The summed E-state index contributed by atoms with van der Waals surface area (Å²) in [5.41, 5.74) is 4.11. The first-order valence-corrected chi connectivity index (χ1v) is 6.52. The summed E-state index contributed by atoms with van der Waals surface area (Å²) in [6.07, 6.45) is 0. The Balaban J connectivity index is 2.39. The van der Waals surface area contributed by atoms with Crippen molar-refractivity contribution < 1.29 is 0 Å². The van der Waals surface area contributed by atoms with Crippen LogP contribution in [0.25, 0.3) is 0 Å². The topological polar surface area (TPSA) is 24.1 Å². The van der Waals surface area contributed by atoms with Crippen molar-refractivity contribution in [1.82, 2.24) is 10.6 Å². The highest BCUT2D eigenvalue weighted by Crippen LogP contribution is 2.10. The summed E-state index contributed by atoms with van der Waals surface area (Å²) < 4.78 is 0. The molecule has 1 rings (SSSR count). The molecule has 0 aliphatic heterocycles. The molecule has 0 amide bonds. The zero-order valence-corrected chi connectivity index (χ0v) is 11.8. The molecule has 0 saturated carbocycles. The van der Waals surface area contributed by atoms with Crippen LogP contribution >= 0.6 is 0 Å². The van der Waals surface area contributed by atoms with Gasteiger partial charge in [-0.1, -0.05) is 37.6 Å². The van der Waals surface area contributed by atoms with Gasteiger partial charge in [-0.2, -0.15) is 0 Å². The maximum atomic E-state index is 3.55. The molecule has 0 heterocycles. The van der Waals surface area contributed by atoms with E-state index >= 15 is 0 Å². The Morgan fingerprint density at radius 1 is 1.06 bits per heavy atom. The molecule has 96 valence electrons. The van der Waals surface area contributed by atoms with Gasteiger partial charge in [0.25, 0.3) is 0 Å². The van der Waals surface area contributed by atoms with E-state index in [1.165, 1.54) is 16.7 Å². The molecule has 2 N–H and O–H groups in total. The predicted molar refractivity (Wildman–Crippen MR) is 75.4 cm³/mol. The largest absolute Gasteiger partial charge is 0.313 e. The fourth-order valence-corrected chi connectivity index (χ4v) is 1.81. The van der Waals surface area contributed by atoms with E-state index < -0.39 is 0 Å². The molecular formula is C15H26N2. The van der Waals surface area contributed by atoms with Gasteiger partial charge in [-0.25, -0.2) is 0 Å². The van der Waals surface area contributed by atoms with Gasteiger partial charge in [0, 0.05) is 25.2 Å². The van der Waals surface area contributed by atoms with Gasteiger partial charge in [0.1, 0.15) is 0 Å². The van der Waals surface area contributed by atoms with Crippen molar-refractivity contribution in [2.75, 3.05) is 6.54 Å². The summed E-state index contributed by atoms with van der Waals surface area (Å²) >= 11 is 0. The second kappa shape index (κ2) is 6.77. The summed E-state index contributed by atoms with van der Waals surface area (Å²) in [5, 5.41) is 6.99. The average molecular weight is 234 g/mol. The number of benzene rings is 1. The number of aryl methyl sites for hydroxylation is 2. The van der Waals surface area contributed by atoms with E-state index in [-0.39, 0.29) is 0 Å². The third-order valence-corrected chi connectivity index (χ3v) is 2.97. The molecule has 0 bridgehead atoms. The molecule has 17 heavy (non-hydrogen) atoms. The van der Waals surface area contributed by atoms with Crippen LogP contribution in [0.5, 0.6) is 0 Å². The van der Waals surface area contributed by atoms with E-state index in [1.54, 1.807) is 0 Å². The van der Waals surface area contributed by atoms with Gasteiger partial charge >= 0.3 is 0 Å². The number of hydrogen-bond donors (Lipinski definition) is 2. The third kappa shape index (κ3) is 5.33. The van der Waals surface area contributed by atoms with Gasteiger partial charge in [0.15, 0.2) is 0 Å². The Morgan fingerprint density at radius 2 is 1.76 bits per heavy atom. The molecule has 0 spiro atoms. The summed E-state index contributed by atoms with van der Waals surface area (Å²) in [5.74, 6) is 0.